The zero-order valence-corrected chi connectivity index (χ0v) is 17.8. The minimum Gasteiger partial charge on any atom is -0.372 e. The van der Waals surface area contributed by atoms with Gasteiger partial charge in [-0.1, -0.05) is 41.6 Å². The molecule has 146 valence electrons. The molecule has 3 aromatic rings. The van der Waals surface area contributed by atoms with Crippen molar-refractivity contribution in [3.8, 4) is 11.1 Å². The number of morpholine rings is 1. The summed E-state index contributed by atoms with van der Waals surface area (Å²) < 4.78 is 5.73. The fourth-order valence-electron chi connectivity index (χ4n) is 3.51. The maximum Gasteiger partial charge on any atom is 0.233 e. The number of fused-ring (bicyclic) bond motifs is 1. The molecule has 4 rings (SSSR count). The van der Waals surface area contributed by atoms with Gasteiger partial charge in [-0.3, -0.25) is 4.79 Å². The topological polar surface area (TPSA) is 55.3 Å². The molecule has 5 nitrogen and oxygen atoms in total. The number of hydrogen-bond donors (Lipinski definition) is 0. The smallest absolute Gasteiger partial charge is 0.233 e. The van der Waals surface area contributed by atoms with E-state index in [-0.39, 0.29) is 18.1 Å². The second-order valence-corrected chi connectivity index (χ2v) is 9.04. The average Bonchev–Trinajstić information content (AvgIpc) is 3.10. The maximum atomic E-state index is 12.7. The highest BCUT2D eigenvalue weighted by Crippen LogP contribution is 2.38. The predicted molar refractivity (Wildman–Crippen MR) is 115 cm³/mol. The summed E-state index contributed by atoms with van der Waals surface area (Å²) in [6.07, 6.45) is 1.74. The van der Waals surface area contributed by atoms with E-state index in [4.69, 9.17) is 4.74 Å². The largest absolute Gasteiger partial charge is 0.372 e. The molecule has 0 saturated carbocycles. The number of aromatic nitrogens is 2. The summed E-state index contributed by atoms with van der Waals surface area (Å²) in [7, 11) is 0. The average molecular weight is 414 g/mol. The third-order valence-corrected chi connectivity index (χ3v) is 6.66. The molecule has 1 amide bonds. The van der Waals surface area contributed by atoms with E-state index in [1.54, 1.807) is 17.7 Å². The first-order valence-corrected chi connectivity index (χ1v) is 11.2. The van der Waals surface area contributed by atoms with Crippen molar-refractivity contribution in [2.45, 2.75) is 38.0 Å². The summed E-state index contributed by atoms with van der Waals surface area (Å²) in [5.41, 5.74) is 3.51. The fraction of sp³-hybridized carbons (Fsp3) is 0.381. The van der Waals surface area contributed by atoms with Crippen LogP contribution in [0.3, 0.4) is 0 Å². The van der Waals surface area contributed by atoms with Gasteiger partial charge in [0.2, 0.25) is 5.91 Å². The molecular formula is C21H23N3O2S2. The van der Waals surface area contributed by atoms with E-state index in [9.17, 15) is 4.79 Å². The van der Waals surface area contributed by atoms with Crippen LogP contribution in [-0.4, -0.2) is 51.8 Å². The van der Waals surface area contributed by atoms with Crippen molar-refractivity contribution >= 4 is 39.2 Å². The third-order valence-electron chi connectivity index (χ3n) is 4.80. The molecule has 0 spiro atoms. The van der Waals surface area contributed by atoms with E-state index in [2.05, 4.69) is 46.5 Å². The molecule has 1 saturated heterocycles. The predicted octanol–water partition coefficient (Wildman–Crippen LogP) is 4.39. The zero-order chi connectivity index (χ0) is 19.7. The Labute approximate surface area is 173 Å². The standard InChI is InChI=1S/C21H23N3O2S2/c1-13-4-6-16(7-5-13)17-10-27-20-19(17)21(23-12-22-20)28-11-18(25)24-8-14(2)26-15(3)9-24/h4-7,10,12,14-15H,8-9,11H2,1-3H3. The van der Waals surface area contributed by atoms with Gasteiger partial charge in [-0.05, 0) is 26.3 Å². The summed E-state index contributed by atoms with van der Waals surface area (Å²) in [4.78, 5) is 24.5. The van der Waals surface area contributed by atoms with Crippen LogP contribution in [0.1, 0.15) is 19.4 Å². The van der Waals surface area contributed by atoms with E-state index in [0.29, 0.717) is 18.8 Å². The second-order valence-electron chi connectivity index (χ2n) is 7.22. The minimum absolute atomic E-state index is 0.0773. The van der Waals surface area contributed by atoms with Crippen molar-refractivity contribution in [3.63, 3.8) is 0 Å². The normalized spacial score (nSPS) is 19.9. The Balaban J connectivity index is 1.56. The van der Waals surface area contributed by atoms with Crippen LogP contribution in [-0.2, 0) is 9.53 Å². The van der Waals surface area contributed by atoms with Gasteiger partial charge in [-0.25, -0.2) is 9.97 Å². The van der Waals surface area contributed by atoms with Gasteiger partial charge in [0.05, 0.1) is 23.3 Å². The van der Waals surface area contributed by atoms with Crippen molar-refractivity contribution in [2.75, 3.05) is 18.8 Å². The van der Waals surface area contributed by atoms with Crippen LogP contribution in [0, 0.1) is 6.92 Å². The van der Waals surface area contributed by atoms with E-state index in [0.717, 1.165) is 26.4 Å². The molecular weight excluding hydrogens is 390 g/mol. The van der Waals surface area contributed by atoms with Gasteiger partial charge in [0.25, 0.3) is 0 Å². The first-order chi connectivity index (χ1) is 13.5. The number of rotatable bonds is 4. The fourth-order valence-corrected chi connectivity index (χ4v) is 5.40. The quantitative estimate of drug-likeness (QED) is 0.469. The summed E-state index contributed by atoms with van der Waals surface area (Å²) in [5, 5.41) is 4.03. The van der Waals surface area contributed by atoms with Crippen LogP contribution in [0.15, 0.2) is 41.0 Å². The van der Waals surface area contributed by atoms with Crippen LogP contribution in [0.25, 0.3) is 21.3 Å². The number of ether oxygens (including phenoxy) is 1. The number of carbonyl (C=O) groups is 1. The lowest BCUT2D eigenvalue weighted by Gasteiger charge is -2.35. The van der Waals surface area contributed by atoms with Crippen molar-refractivity contribution in [1.29, 1.82) is 0 Å². The first kappa shape index (κ1) is 19.4. The second kappa shape index (κ2) is 8.19. The Kier molecular flexibility index (Phi) is 5.66. The van der Waals surface area contributed by atoms with Crippen molar-refractivity contribution < 1.29 is 9.53 Å². The number of carbonyl (C=O) groups excluding carboxylic acids is 1. The molecule has 7 heteroatoms. The lowest BCUT2D eigenvalue weighted by Crippen LogP contribution is -2.48. The van der Waals surface area contributed by atoms with Gasteiger partial charge in [0.15, 0.2) is 0 Å². The number of thioether (sulfide) groups is 1. The highest BCUT2D eigenvalue weighted by molar-refractivity contribution is 8.00. The molecule has 0 aliphatic carbocycles. The molecule has 1 aromatic carbocycles. The molecule has 3 heterocycles. The number of aryl methyl sites for hydroxylation is 1. The number of hydrogen-bond acceptors (Lipinski definition) is 6. The Morgan fingerprint density at radius 3 is 2.64 bits per heavy atom. The van der Waals surface area contributed by atoms with E-state index in [1.807, 2.05) is 18.7 Å². The SMILES string of the molecule is Cc1ccc(-c2csc3ncnc(SCC(=O)N4CC(C)OC(C)C4)c23)cc1. The monoisotopic (exact) mass is 413 g/mol. The van der Waals surface area contributed by atoms with Gasteiger partial charge >= 0.3 is 0 Å². The van der Waals surface area contributed by atoms with Crippen molar-refractivity contribution in [3.05, 3.63) is 41.5 Å². The molecule has 1 aliphatic heterocycles. The number of benzene rings is 1. The molecule has 1 fully saturated rings. The van der Waals surface area contributed by atoms with Crippen molar-refractivity contribution in [2.24, 2.45) is 0 Å². The molecule has 2 atom stereocenters. The number of thiophene rings is 1. The van der Waals surface area contributed by atoms with E-state index in [1.165, 1.54) is 17.3 Å². The summed E-state index contributed by atoms with van der Waals surface area (Å²) in [6.45, 7) is 7.40. The molecule has 0 bridgehead atoms. The molecule has 0 radical (unpaired) electrons. The van der Waals surface area contributed by atoms with Gasteiger partial charge < -0.3 is 9.64 Å². The van der Waals surface area contributed by atoms with E-state index >= 15 is 0 Å². The van der Waals surface area contributed by atoms with Crippen LogP contribution in [0.4, 0.5) is 0 Å². The van der Waals surface area contributed by atoms with E-state index < -0.39 is 0 Å². The summed E-state index contributed by atoms with van der Waals surface area (Å²) in [5.74, 6) is 0.500. The maximum absolute atomic E-state index is 12.7. The Morgan fingerprint density at radius 1 is 1.21 bits per heavy atom. The van der Waals surface area contributed by atoms with Gasteiger partial charge in [-0.2, -0.15) is 0 Å². The Morgan fingerprint density at radius 2 is 1.93 bits per heavy atom. The minimum atomic E-state index is 0.0773. The number of nitrogens with zero attached hydrogens (tertiary/aromatic N) is 3. The molecule has 28 heavy (non-hydrogen) atoms. The van der Waals surface area contributed by atoms with Gasteiger partial charge in [0, 0.05) is 24.0 Å². The number of amides is 1. The van der Waals surface area contributed by atoms with Crippen LogP contribution < -0.4 is 0 Å². The molecule has 2 aromatic heterocycles. The third kappa shape index (κ3) is 4.06. The summed E-state index contributed by atoms with van der Waals surface area (Å²) in [6, 6.07) is 8.47. The highest BCUT2D eigenvalue weighted by Gasteiger charge is 2.26. The first-order valence-electron chi connectivity index (χ1n) is 9.36. The molecule has 0 N–H and O–H groups in total. The highest BCUT2D eigenvalue weighted by atomic mass is 32.2. The molecule has 1 aliphatic rings. The molecule has 2 unspecified atom stereocenters. The van der Waals surface area contributed by atoms with Crippen LogP contribution in [0.2, 0.25) is 0 Å². The van der Waals surface area contributed by atoms with Gasteiger partial charge in [0.1, 0.15) is 16.2 Å². The van der Waals surface area contributed by atoms with Crippen LogP contribution in [0.5, 0.6) is 0 Å². The Hall–Kier alpha value is -1.96. The summed E-state index contributed by atoms with van der Waals surface area (Å²) >= 11 is 3.11. The lowest BCUT2D eigenvalue weighted by molar-refractivity contribution is -0.140. The zero-order valence-electron chi connectivity index (χ0n) is 16.2. The Bertz CT molecular complexity index is 977. The lowest BCUT2D eigenvalue weighted by atomic mass is 10.1. The van der Waals surface area contributed by atoms with Gasteiger partial charge in [-0.15, -0.1) is 11.3 Å². The van der Waals surface area contributed by atoms with Crippen LogP contribution >= 0.6 is 23.1 Å². The van der Waals surface area contributed by atoms with Crippen molar-refractivity contribution in [1.82, 2.24) is 14.9 Å².